The zero-order valence-electron chi connectivity index (χ0n) is 10.5. The van der Waals surface area contributed by atoms with Crippen LogP contribution in [0.2, 0.25) is 0 Å². The number of carbonyl (C=O) groups is 1. The highest BCUT2D eigenvalue weighted by molar-refractivity contribution is 5.70. The molecule has 1 aliphatic carbocycles. The van der Waals surface area contributed by atoms with E-state index in [1.807, 2.05) is 0 Å². The number of benzene rings is 1. The van der Waals surface area contributed by atoms with Crippen molar-refractivity contribution >= 4 is 5.97 Å². The SMILES string of the molecule is O=C(O)C1CCN(C2CCCc3ccccc32)C1. The molecule has 1 N–H and O–H groups in total. The average Bonchev–Trinajstić information content (AvgIpc) is 2.87. The van der Waals surface area contributed by atoms with Crippen LogP contribution in [0.5, 0.6) is 0 Å². The van der Waals surface area contributed by atoms with E-state index in [2.05, 4.69) is 29.2 Å². The second-order valence-electron chi connectivity index (χ2n) is 5.43. The Balaban J connectivity index is 1.80. The van der Waals surface area contributed by atoms with Gasteiger partial charge in [-0.2, -0.15) is 0 Å². The summed E-state index contributed by atoms with van der Waals surface area (Å²) in [4.78, 5) is 13.4. The first-order valence-corrected chi connectivity index (χ1v) is 6.80. The number of nitrogens with zero attached hydrogens (tertiary/aromatic N) is 1. The van der Waals surface area contributed by atoms with Crippen molar-refractivity contribution < 1.29 is 9.90 Å². The van der Waals surface area contributed by atoms with Crippen molar-refractivity contribution in [2.24, 2.45) is 5.92 Å². The first kappa shape index (κ1) is 11.7. The van der Waals surface area contributed by atoms with Crippen LogP contribution in [0.15, 0.2) is 24.3 Å². The molecule has 3 nitrogen and oxygen atoms in total. The van der Waals surface area contributed by atoms with Crippen molar-refractivity contribution in [3.05, 3.63) is 35.4 Å². The van der Waals surface area contributed by atoms with Crippen molar-refractivity contribution in [3.63, 3.8) is 0 Å². The molecule has 96 valence electrons. The monoisotopic (exact) mass is 245 g/mol. The molecule has 0 aromatic heterocycles. The lowest BCUT2D eigenvalue weighted by molar-refractivity contribution is -0.141. The first-order valence-electron chi connectivity index (χ1n) is 6.80. The Bertz CT molecular complexity index is 458. The predicted octanol–water partition coefficient (Wildman–Crippen LogP) is 2.47. The third-order valence-corrected chi connectivity index (χ3v) is 4.35. The van der Waals surface area contributed by atoms with Gasteiger partial charge in [0.2, 0.25) is 0 Å². The van der Waals surface area contributed by atoms with Crippen LogP contribution in [0.3, 0.4) is 0 Å². The van der Waals surface area contributed by atoms with E-state index in [0.717, 1.165) is 13.0 Å². The van der Waals surface area contributed by atoms with Crippen molar-refractivity contribution in [2.75, 3.05) is 13.1 Å². The van der Waals surface area contributed by atoms with Crippen LogP contribution in [0.4, 0.5) is 0 Å². The van der Waals surface area contributed by atoms with Crippen LogP contribution in [0.1, 0.15) is 36.4 Å². The van der Waals surface area contributed by atoms with E-state index in [-0.39, 0.29) is 5.92 Å². The molecule has 1 fully saturated rings. The number of aryl methyl sites for hydroxylation is 1. The van der Waals surface area contributed by atoms with Crippen LogP contribution in [0, 0.1) is 5.92 Å². The van der Waals surface area contributed by atoms with Gasteiger partial charge in [-0.15, -0.1) is 0 Å². The summed E-state index contributed by atoms with van der Waals surface area (Å²) in [7, 11) is 0. The third kappa shape index (κ3) is 2.03. The average molecular weight is 245 g/mol. The van der Waals surface area contributed by atoms with Gasteiger partial charge >= 0.3 is 5.97 Å². The second-order valence-corrected chi connectivity index (χ2v) is 5.43. The number of aliphatic carboxylic acids is 1. The second kappa shape index (κ2) is 4.73. The summed E-state index contributed by atoms with van der Waals surface area (Å²) in [6, 6.07) is 9.08. The predicted molar refractivity (Wildman–Crippen MR) is 69.4 cm³/mol. The van der Waals surface area contributed by atoms with Gasteiger partial charge in [-0.25, -0.2) is 0 Å². The molecule has 0 spiro atoms. The Labute approximate surface area is 107 Å². The molecular formula is C15H19NO2. The fourth-order valence-corrected chi connectivity index (χ4v) is 3.38. The highest BCUT2D eigenvalue weighted by Gasteiger charge is 2.34. The Hall–Kier alpha value is -1.35. The summed E-state index contributed by atoms with van der Waals surface area (Å²) in [5.74, 6) is -0.805. The lowest BCUT2D eigenvalue weighted by Crippen LogP contribution is -2.30. The van der Waals surface area contributed by atoms with Crippen molar-refractivity contribution in [2.45, 2.75) is 31.7 Å². The molecule has 0 saturated carbocycles. The molecule has 2 unspecified atom stereocenters. The van der Waals surface area contributed by atoms with Crippen LogP contribution >= 0.6 is 0 Å². The molecule has 0 radical (unpaired) electrons. The smallest absolute Gasteiger partial charge is 0.307 e. The van der Waals surface area contributed by atoms with Gasteiger partial charge in [0.15, 0.2) is 0 Å². The van der Waals surface area contributed by atoms with E-state index in [1.54, 1.807) is 0 Å². The number of fused-ring (bicyclic) bond motifs is 1. The van der Waals surface area contributed by atoms with Gasteiger partial charge < -0.3 is 5.11 Å². The van der Waals surface area contributed by atoms with Gasteiger partial charge in [0, 0.05) is 12.6 Å². The van der Waals surface area contributed by atoms with Gasteiger partial charge in [-0.05, 0) is 43.4 Å². The summed E-state index contributed by atoms with van der Waals surface area (Å²) in [6.45, 7) is 1.64. The number of hydrogen-bond acceptors (Lipinski definition) is 2. The third-order valence-electron chi connectivity index (χ3n) is 4.35. The largest absolute Gasteiger partial charge is 0.481 e. The fraction of sp³-hybridized carbons (Fsp3) is 0.533. The Morgan fingerprint density at radius 2 is 2.11 bits per heavy atom. The Kier molecular flexibility index (Phi) is 3.08. The summed E-state index contributed by atoms with van der Waals surface area (Å²) < 4.78 is 0. The van der Waals surface area contributed by atoms with Gasteiger partial charge in [0.05, 0.1) is 5.92 Å². The molecule has 1 aromatic rings. The molecule has 18 heavy (non-hydrogen) atoms. The van der Waals surface area contributed by atoms with E-state index < -0.39 is 5.97 Å². The van der Waals surface area contributed by atoms with Crippen LogP contribution < -0.4 is 0 Å². The maximum atomic E-state index is 11.0. The molecule has 1 heterocycles. The van der Waals surface area contributed by atoms with Crippen molar-refractivity contribution in [1.82, 2.24) is 4.90 Å². The summed E-state index contributed by atoms with van der Waals surface area (Å²) in [5, 5.41) is 9.10. The minimum Gasteiger partial charge on any atom is -0.481 e. The maximum Gasteiger partial charge on any atom is 0.307 e. The molecule has 2 aliphatic rings. The number of rotatable bonds is 2. The minimum absolute atomic E-state index is 0.168. The van der Waals surface area contributed by atoms with Crippen LogP contribution in [-0.4, -0.2) is 29.1 Å². The summed E-state index contributed by atoms with van der Waals surface area (Å²) >= 11 is 0. The van der Waals surface area contributed by atoms with E-state index in [0.29, 0.717) is 12.6 Å². The lowest BCUT2D eigenvalue weighted by atomic mass is 9.87. The number of hydrogen-bond donors (Lipinski definition) is 1. The minimum atomic E-state index is -0.637. The van der Waals surface area contributed by atoms with Gasteiger partial charge in [-0.1, -0.05) is 24.3 Å². The molecule has 3 rings (SSSR count). The first-order chi connectivity index (χ1) is 8.75. The molecule has 1 saturated heterocycles. The summed E-state index contributed by atoms with van der Waals surface area (Å²) in [6.07, 6.45) is 4.36. The highest BCUT2D eigenvalue weighted by Crippen LogP contribution is 2.36. The number of carboxylic acids is 1. The van der Waals surface area contributed by atoms with E-state index in [1.165, 1.54) is 30.4 Å². The van der Waals surface area contributed by atoms with Crippen molar-refractivity contribution in [1.29, 1.82) is 0 Å². The van der Waals surface area contributed by atoms with Crippen molar-refractivity contribution in [3.8, 4) is 0 Å². The molecular weight excluding hydrogens is 226 g/mol. The van der Waals surface area contributed by atoms with Gasteiger partial charge in [0.25, 0.3) is 0 Å². The molecule has 1 aliphatic heterocycles. The van der Waals surface area contributed by atoms with Crippen LogP contribution in [0.25, 0.3) is 0 Å². The summed E-state index contributed by atoms with van der Waals surface area (Å²) in [5.41, 5.74) is 2.88. The zero-order valence-corrected chi connectivity index (χ0v) is 10.5. The Morgan fingerprint density at radius 1 is 1.28 bits per heavy atom. The topological polar surface area (TPSA) is 40.5 Å². The lowest BCUT2D eigenvalue weighted by Gasteiger charge is -2.33. The maximum absolute atomic E-state index is 11.0. The number of carboxylic acid groups (broad SMARTS) is 1. The zero-order chi connectivity index (χ0) is 12.5. The standard InChI is InChI=1S/C15H19NO2/c17-15(18)12-8-9-16(10-12)14-7-3-5-11-4-1-2-6-13(11)14/h1-2,4,6,12,14H,3,5,7-10H2,(H,17,18). The molecule has 3 heteroatoms. The molecule has 1 aromatic carbocycles. The highest BCUT2D eigenvalue weighted by atomic mass is 16.4. The number of likely N-dealkylation sites (tertiary alicyclic amines) is 1. The Morgan fingerprint density at radius 3 is 2.89 bits per heavy atom. The normalized spacial score (nSPS) is 28.0. The van der Waals surface area contributed by atoms with E-state index in [9.17, 15) is 4.79 Å². The van der Waals surface area contributed by atoms with Gasteiger partial charge in [0.1, 0.15) is 0 Å². The van der Waals surface area contributed by atoms with Crippen LogP contribution in [-0.2, 0) is 11.2 Å². The van der Waals surface area contributed by atoms with E-state index in [4.69, 9.17) is 5.11 Å². The molecule has 0 amide bonds. The van der Waals surface area contributed by atoms with Gasteiger partial charge in [-0.3, -0.25) is 9.69 Å². The van der Waals surface area contributed by atoms with E-state index >= 15 is 0 Å². The molecule has 0 bridgehead atoms. The quantitative estimate of drug-likeness (QED) is 0.870. The molecule has 2 atom stereocenters. The fourth-order valence-electron chi connectivity index (χ4n) is 3.38.